The second kappa shape index (κ2) is 9.36. The van der Waals surface area contributed by atoms with Crippen molar-refractivity contribution in [2.45, 2.75) is 58.7 Å². The lowest BCUT2D eigenvalue weighted by Crippen LogP contribution is -2.76. The van der Waals surface area contributed by atoms with Gasteiger partial charge in [0.2, 0.25) is 0 Å². The largest absolute Gasteiger partial charge is 0.314 e. The number of quaternary nitrogens is 1. The van der Waals surface area contributed by atoms with Gasteiger partial charge < -0.3 is 4.48 Å². The number of para-hydroxylation sites is 1. The predicted molar refractivity (Wildman–Crippen MR) is 132 cm³/mol. The molecule has 0 amide bonds. The minimum absolute atomic E-state index is 0.637. The Kier molecular flexibility index (Phi) is 6.57. The predicted octanol–water partition coefficient (Wildman–Crippen LogP) is 6.80. The van der Waals surface area contributed by atoms with Gasteiger partial charge in [0.05, 0.1) is 24.5 Å². The molecule has 31 heavy (non-hydrogen) atoms. The van der Waals surface area contributed by atoms with Crippen molar-refractivity contribution in [3.8, 4) is 0 Å². The molecular weight excluding hydrogens is 376 g/mol. The molecule has 2 saturated heterocycles. The van der Waals surface area contributed by atoms with Crippen molar-refractivity contribution in [2.24, 2.45) is 11.8 Å². The van der Waals surface area contributed by atoms with Gasteiger partial charge in [-0.3, -0.25) is 4.98 Å². The van der Waals surface area contributed by atoms with Gasteiger partial charge in [0, 0.05) is 29.5 Å². The summed E-state index contributed by atoms with van der Waals surface area (Å²) in [4.78, 5) is 4.58. The lowest BCUT2D eigenvalue weighted by molar-refractivity contribution is -1.03. The number of pyridine rings is 1. The Morgan fingerprint density at radius 2 is 1.77 bits per heavy atom. The van der Waals surface area contributed by atoms with Gasteiger partial charge in [-0.05, 0) is 30.0 Å². The highest BCUT2D eigenvalue weighted by Crippen LogP contribution is 2.50. The summed E-state index contributed by atoms with van der Waals surface area (Å²) in [6, 6.07) is 23.4. The Balaban J connectivity index is 0.00000112. The van der Waals surface area contributed by atoms with Gasteiger partial charge in [0.25, 0.3) is 0 Å². The molecule has 5 unspecified atom stereocenters. The molecule has 0 N–H and O–H groups in total. The average Bonchev–Trinajstić information content (AvgIpc) is 2.82. The van der Waals surface area contributed by atoms with E-state index in [4.69, 9.17) is 0 Å². The van der Waals surface area contributed by atoms with Crippen LogP contribution in [0.25, 0.3) is 10.9 Å². The summed E-state index contributed by atoms with van der Waals surface area (Å²) >= 11 is 0. The number of benzene rings is 2. The van der Waals surface area contributed by atoms with E-state index in [2.05, 4.69) is 85.2 Å². The van der Waals surface area contributed by atoms with E-state index in [1.807, 2.05) is 20.0 Å². The average molecular weight is 414 g/mol. The fourth-order valence-corrected chi connectivity index (χ4v) is 6.19. The highest BCUT2D eigenvalue weighted by Gasteiger charge is 2.59. The zero-order chi connectivity index (χ0) is 21.8. The number of rotatable bonds is 5. The smallest absolute Gasteiger partial charge is 0.105 e. The number of nitrogens with zero attached hydrogens (tertiary/aromatic N) is 2. The van der Waals surface area contributed by atoms with Gasteiger partial charge in [0.15, 0.2) is 0 Å². The highest BCUT2D eigenvalue weighted by atomic mass is 15.5. The Bertz CT molecular complexity index is 1010. The van der Waals surface area contributed by atoms with E-state index in [1.54, 1.807) is 0 Å². The van der Waals surface area contributed by atoms with Gasteiger partial charge in [-0.15, -0.1) is 6.58 Å². The zero-order valence-electron chi connectivity index (χ0n) is 19.4. The summed E-state index contributed by atoms with van der Waals surface area (Å²) in [7, 11) is 0. The third-order valence-corrected chi connectivity index (χ3v) is 7.79. The van der Waals surface area contributed by atoms with E-state index in [0.717, 1.165) is 30.4 Å². The molecule has 3 aromatic rings. The van der Waals surface area contributed by atoms with Crippen molar-refractivity contribution in [3.05, 3.63) is 90.6 Å². The minimum atomic E-state index is 0.637. The first-order valence-electron chi connectivity index (χ1n) is 12.1. The lowest BCUT2D eigenvalue weighted by atomic mass is 9.68. The molecule has 1 aromatic heterocycles. The molecule has 0 saturated carbocycles. The molecule has 162 valence electrons. The van der Waals surface area contributed by atoms with Crippen molar-refractivity contribution in [1.29, 1.82) is 0 Å². The SMILES string of the molecule is C=CC1C(C)CC[N+]2(Cc3ccccc3)C(Cc3ccnc4ccccc34)CC12.CC. The van der Waals surface area contributed by atoms with Crippen LogP contribution in [0.15, 0.2) is 79.5 Å². The van der Waals surface area contributed by atoms with E-state index >= 15 is 0 Å². The Morgan fingerprint density at radius 1 is 1.03 bits per heavy atom. The fraction of sp³-hybridized carbons (Fsp3) is 0.414. The van der Waals surface area contributed by atoms with E-state index in [-0.39, 0.29) is 0 Å². The van der Waals surface area contributed by atoms with Crippen LogP contribution in [0, 0.1) is 11.8 Å². The minimum Gasteiger partial charge on any atom is -0.314 e. The molecule has 0 aliphatic carbocycles. The van der Waals surface area contributed by atoms with E-state index in [1.165, 1.54) is 40.4 Å². The highest BCUT2D eigenvalue weighted by molar-refractivity contribution is 5.81. The molecule has 2 nitrogen and oxygen atoms in total. The van der Waals surface area contributed by atoms with Gasteiger partial charge in [-0.2, -0.15) is 0 Å². The molecule has 5 atom stereocenters. The second-order valence-electron chi connectivity index (χ2n) is 9.20. The maximum Gasteiger partial charge on any atom is 0.105 e. The van der Waals surface area contributed by atoms with Crippen molar-refractivity contribution in [2.75, 3.05) is 6.54 Å². The van der Waals surface area contributed by atoms with Crippen molar-refractivity contribution >= 4 is 10.9 Å². The fourth-order valence-electron chi connectivity index (χ4n) is 6.19. The van der Waals surface area contributed by atoms with Crippen LogP contribution >= 0.6 is 0 Å². The molecule has 2 heteroatoms. The van der Waals surface area contributed by atoms with Crippen molar-refractivity contribution < 1.29 is 4.48 Å². The van der Waals surface area contributed by atoms with Crippen LogP contribution in [-0.2, 0) is 13.0 Å². The molecule has 2 fully saturated rings. The summed E-state index contributed by atoms with van der Waals surface area (Å²) in [6.45, 7) is 13.1. The normalized spacial score (nSPS) is 29.3. The first kappa shape index (κ1) is 21.8. The maximum atomic E-state index is 4.58. The molecule has 0 spiro atoms. The molecular formula is C29H37N2+. The summed E-state index contributed by atoms with van der Waals surface area (Å²) in [5.41, 5.74) is 4.05. The topological polar surface area (TPSA) is 12.9 Å². The van der Waals surface area contributed by atoms with Crippen LogP contribution in [0.5, 0.6) is 0 Å². The summed E-state index contributed by atoms with van der Waals surface area (Å²) < 4.78 is 1.24. The van der Waals surface area contributed by atoms with Crippen LogP contribution in [0.2, 0.25) is 0 Å². The Labute approximate surface area is 188 Å². The summed E-state index contributed by atoms with van der Waals surface area (Å²) in [5, 5.41) is 1.32. The zero-order valence-corrected chi connectivity index (χ0v) is 19.4. The monoisotopic (exact) mass is 413 g/mol. The van der Waals surface area contributed by atoms with Crippen LogP contribution in [0.4, 0.5) is 0 Å². The quantitative estimate of drug-likeness (QED) is 0.331. The molecule has 0 radical (unpaired) electrons. The second-order valence-corrected chi connectivity index (χ2v) is 9.20. The van der Waals surface area contributed by atoms with Crippen LogP contribution in [-0.4, -0.2) is 28.1 Å². The molecule has 5 rings (SSSR count). The van der Waals surface area contributed by atoms with Crippen LogP contribution in [0.1, 0.15) is 44.7 Å². The number of aromatic nitrogens is 1. The number of hydrogen-bond acceptors (Lipinski definition) is 1. The van der Waals surface area contributed by atoms with Crippen LogP contribution in [0.3, 0.4) is 0 Å². The molecule has 2 aliphatic rings. The van der Waals surface area contributed by atoms with Gasteiger partial charge in [-0.25, -0.2) is 0 Å². The molecule has 3 heterocycles. The van der Waals surface area contributed by atoms with Crippen molar-refractivity contribution in [3.63, 3.8) is 0 Å². The summed E-state index contributed by atoms with van der Waals surface area (Å²) in [5.74, 6) is 1.39. The summed E-state index contributed by atoms with van der Waals surface area (Å²) in [6.07, 6.45) is 7.99. The van der Waals surface area contributed by atoms with E-state index in [0.29, 0.717) is 12.0 Å². The Morgan fingerprint density at radius 3 is 2.55 bits per heavy atom. The third kappa shape index (κ3) is 3.94. The molecule has 0 bridgehead atoms. The van der Waals surface area contributed by atoms with Crippen LogP contribution < -0.4 is 0 Å². The van der Waals surface area contributed by atoms with Gasteiger partial charge in [0.1, 0.15) is 12.6 Å². The number of piperidine rings is 1. The molecule has 2 aliphatic heterocycles. The van der Waals surface area contributed by atoms with Gasteiger partial charge >= 0.3 is 0 Å². The first-order chi connectivity index (χ1) is 15.2. The van der Waals surface area contributed by atoms with E-state index < -0.39 is 0 Å². The third-order valence-electron chi connectivity index (χ3n) is 7.79. The maximum absolute atomic E-state index is 4.58. The standard InChI is InChI=1S/C27H31N2.C2H6/c1-3-24-20(2)14-16-29(19-21-9-5-4-6-10-21)23(18-27(24)29)17-22-13-15-28-26-12-8-7-11-25(22)26;1-2/h3-13,15,20,23-24,27H,1,14,16-19H2,2H3;1-2H3/q+1;. The first-order valence-corrected chi connectivity index (χ1v) is 12.1. The van der Waals surface area contributed by atoms with E-state index in [9.17, 15) is 0 Å². The lowest BCUT2D eigenvalue weighted by Gasteiger charge is -2.64. The van der Waals surface area contributed by atoms with Gasteiger partial charge in [-0.1, -0.05) is 75.4 Å². The number of fused-ring (bicyclic) bond motifs is 2. The Hall–Kier alpha value is -2.45. The van der Waals surface area contributed by atoms with Crippen molar-refractivity contribution in [1.82, 2.24) is 4.98 Å². The molecule has 2 aromatic carbocycles. The number of hydrogen-bond donors (Lipinski definition) is 0.